The van der Waals surface area contributed by atoms with Gasteiger partial charge in [0.2, 0.25) is 6.41 Å². The van der Waals surface area contributed by atoms with Crippen molar-refractivity contribution in [2.45, 2.75) is 58.9 Å². The highest BCUT2D eigenvalue weighted by Gasteiger charge is 2.66. The Morgan fingerprint density at radius 2 is 1.83 bits per heavy atom. The van der Waals surface area contributed by atoms with Crippen molar-refractivity contribution in [2.75, 3.05) is 0 Å². The van der Waals surface area contributed by atoms with Gasteiger partial charge in [0, 0.05) is 5.54 Å². The van der Waals surface area contributed by atoms with Gasteiger partial charge in [-0.3, -0.25) is 4.79 Å². The summed E-state index contributed by atoms with van der Waals surface area (Å²) in [6.07, 6.45) is 6.06. The van der Waals surface area contributed by atoms with Gasteiger partial charge in [0.1, 0.15) is 0 Å². The minimum Gasteiger partial charge on any atom is -0.353 e. The minimum atomic E-state index is 0.0562. The van der Waals surface area contributed by atoms with Crippen LogP contribution in [0.1, 0.15) is 53.4 Å². The summed E-state index contributed by atoms with van der Waals surface area (Å²) < 4.78 is 0. The van der Waals surface area contributed by atoms with Crippen molar-refractivity contribution in [3.63, 3.8) is 0 Å². The zero-order valence-corrected chi connectivity index (χ0v) is 12.2. The van der Waals surface area contributed by atoms with Crippen LogP contribution < -0.4 is 5.32 Å². The lowest BCUT2D eigenvalue weighted by molar-refractivity contribution is -0.112. The maximum Gasteiger partial charge on any atom is 0.207 e. The summed E-state index contributed by atoms with van der Waals surface area (Å²) in [6, 6.07) is 0. The van der Waals surface area contributed by atoms with Crippen LogP contribution in [0.2, 0.25) is 0 Å². The fourth-order valence-electron chi connectivity index (χ4n) is 5.63. The van der Waals surface area contributed by atoms with Crippen molar-refractivity contribution in [1.82, 2.24) is 5.32 Å². The molecule has 102 valence electrons. The van der Waals surface area contributed by atoms with Crippen LogP contribution in [-0.2, 0) is 4.79 Å². The summed E-state index contributed by atoms with van der Waals surface area (Å²) >= 11 is 0. The highest BCUT2D eigenvalue weighted by molar-refractivity contribution is 5.48. The average Bonchev–Trinajstić information content (AvgIpc) is 2.65. The van der Waals surface area contributed by atoms with Gasteiger partial charge in [-0.05, 0) is 61.2 Å². The molecule has 0 heterocycles. The third-order valence-corrected chi connectivity index (χ3v) is 6.79. The molecule has 2 nitrogen and oxygen atoms in total. The summed E-state index contributed by atoms with van der Waals surface area (Å²) in [5.74, 6) is 4.20. The molecular weight excluding hydrogens is 222 g/mol. The first kappa shape index (κ1) is 12.5. The summed E-state index contributed by atoms with van der Waals surface area (Å²) in [6.45, 7) is 9.64. The molecule has 3 saturated carbocycles. The first-order chi connectivity index (χ1) is 8.42. The molecule has 0 bridgehead atoms. The van der Waals surface area contributed by atoms with Gasteiger partial charge < -0.3 is 5.32 Å². The Morgan fingerprint density at radius 3 is 2.50 bits per heavy atom. The number of hydrogen-bond donors (Lipinski definition) is 1. The van der Waals surface area contributed by atoms with Crippen molar-refractivity contribution in [1.29, 1.82) is 0 Å². The van der Waals surface area contributed by atoms with E-state index in [1.165, 1.54) is 25.7 Å². The minimum absolute atomic E-state index is 0.0562. The van der Waals surface area contributed by atoms with E-state index in [4.69, 9.17) is 0 Å². The van der Waals surface area contributed by atoms with Crippen LogP contribution in [0.25, 0.3) is 0 Å². The largest absolute Gasteiger partial charge is 0.353 e. The second-order valence-electron chi connectivity index (χ2n) is 7.91. The number of rotatable bonds is 2. The fraction of sp³-hybridized carbons (Fsp3) is 0.938. The van der Waals surface area contributed by atoms with Crippen LogP contribution in [0.4, 0.5) is 0 Å². The second kappa shape index (κ2) is 3.74. The van der Waals surface area contributed by atoms with Crippen LogP contribution >= 0.6 is 0 Å². The molecule has 3 fully saturated rings. The van der Waals surface area contributed by atoms with Crippen LogP contribution in [0.15, 0.2) is 0 Å². The predicted molar refractivity (Wildman–Crippen MR) is 73.0 cm³/mol. The van der Waals surface area contributed by atoms with Crippen LogP contribution in [0.3, 0.4) is 0 Å². The van der Waals surface area contributed by atoms with E-state index < -0.39 is 0 Å². The Hall–Kier alpha value is -0.530. The molecule has 6 unspecified atom stereocenters. The lowest BCUT2D eigenvalue weighted by Crippen LogP contribution is -2.49. The van der Waals surface area contributed by atoms with Crippen molar-refractivity contribution < 1.29 is 4.79 Å². The molecule has 0 saturated heterocycles. The maximum absolute atomic E-state index is 11.0. The smallest absolute Gasteiger partial charge is 0.207 e. The van der Waals surface area contributed by atoms with Crippen molar-refractivity contribution in [3.8, 4) is 0 Å². The molecule has 0 aliphatic heterocycles. The highest BCUT2D eigenvalue weighted by Crippen LogP contribution is 2.71. The Balaban J connectivity index is 1.92. The molecule has 0 spiro atoms. The van der Waals surface area contributed by atoms with E-state index in [0.29, 0.717) is 11.3 Å². The summed E-state index contributed by atoms with van der Waals surface area (Å²) in [5.41, 5.74) is 0.616. The van der Waals surface area contributed by atoms with Gasteiger partial charge in [-0.1, -0.05) is 27.2 Å². The maximum atomic E-state index is 11.0. The van der Waals surface area contributed by atoms with Gasteiger partial charge in [0.15, 0.2) is 0 Å². The third-order valence-electron chi connectivity index (χ3n) is 6.79. The van der Waals surface area contributed by atoms with Crippen molar-refractivity contribution in [3.05, 3.63) is 0 Å². The molecule has 0 aromatic rings. The molecule has 18 heavy (non-hydrogen) atoms. The Bertz CT molecular complexity index is 364. The number of nitrogens with one attached hydrogen (secondary N) is 1. The monoisotopic (exact) mass is 249 g/mol. The Morgan fingerprint density at radius 1 is 1.11 bits per heavy atom. The molecule has 0 aromatic heterocycles. The number of amides is 1. The zero-order chi connectivity index (χ0) is 13.1. The van der Waals surface area contributed by atoms with Gasteiger partial charge >= 0.3 is 0 Å². The van der Waals surface area contributed by atoms with Gasteiger partial charge in [-0.2, -0.15) is 0 Å². The van der Waals surface area contributed by atoms with E-state index >= 15 is 0 Å². The van der Waals surface area contributed by atoms with Crippen LogP contribution in [-0.4, -0.2) is 11.9 Å². The molecule has 3 aliphatic carbocycles. The third kappa shape index (κ3) is 1.50. The highest BCUT2D eigenvalue weighted by atomic mass is 16.1. The molecular formula is C16H27NO. The Labute approximate surface area is 111 Å². The average molecular weight is 249 g/mol. The second-order valence-corrected chi connectivity index (χ2v) is 7.91. The standard InChI is InChI=1S/C16H27NO/c1-10-5-6-11-13(10)14-12(15(14,2)3)7-8-16(11,4)17-9-18/h9-14H,5-8H2,1-4H3,(H,17,18). The van der Waals surface area contributed by atoms with E-state index in [1.807, 2.05) is 0 Å². The quantitative estimate of drug-likeness (QED) is 0.748. The first-order valence-corrected chi connectivity index (χ1v) is 7.63. The van der Waals surface area contributed by atoms with E-state index in [9.17, 15) is 4.79 Å². The van der Waals surface area contributed by atoms with Crippen LogP contribution in [0.5, 0.6) is 0 Å². The molecule has 6 atom stereocenters. The van der Waals surface area contributed by atoms with Gasteiger partial charge in [0.25, 0.3) is 0 Å². The molecule has 1 N–H and O–H groups in total. The van der Waals surface area contributed by atoms with E-state index in [1.54, 1.807) is 0 Å². The number of hydrogen-bond acceptors (Lipinski definition) is 1. The number of fused-ring (bicyclic) bond motifs is 3. The molecule has 1 amide bonds. The molecule has 0 aromatic carbocycles. The molecule has 3 rings (SSSR count). The van der Waals surface area contributed by atoms with E-state index in [2.05, 4.69) is 33.0 Å². The van der Waals surface area contributed by atoms with E-state index in [-0.39, 0.29) is 5.54 Å². The zero-order valence-electron chi connectivity index (χ0n) is 12.2. The summed E-state index contributed by atoms with van der Waals surface area (Å²) in [7, 11) is 0. The normalized spacial score (nSPS) is 53.0. The van der Waals surface area contributed by atoms with Gasteiger partial charge in [-0.15, -0.1) is 0 Å². The molecule has 0 radical (unpaired) electrons. The van der Waals surface area contributed by atoms with Crippen molar-refractivity contribution in [2.24, 2.45) is 35.0 Å². The van der Waals surface area contributed by atoms with E-state index in [0.717, 1.165) is 30.1 Å². The molecule has 2 heteroatoms. The van der Waals surface area contributed by atoms with Crippen molar-refractivity contribution >= 4 is 6.41 Å². The SMILES string of the molecule is CC1CCC2C1C1C(CCC2(C)NC=O)C1(C)C. The molecule has 3 aliphatic rings. The first-order valence-electron chi connectivity index (χ1n) is 7.63. The number of carbonyl (C=O) groups is 1. The Kier molecular flexibility index (Phi) is 2.60. The summed E-state index contributed by atoms with van der Waals surface area (Å²) in [4.78, 5) is 11.0. The lowest BCUT2D eigenvalue weighted by atomic mass is 9.72. The topological polar surface area (TPSA) is 29.1 Å². The number of carbonyl (C=O) groups excluding carboxylic acids is 1. The van der Waals surface area contributed by atoms with Gasteiger partial charge in [-0.25, -0.2) is 0 Å². The fourth-order valence-corrected chi connectivity index (χ4v) is 5.63. The lowest BCUT2D eigenvalue weighted by Gasteiger charge is -2.39. The predicted octanol–water partition coefficient (Wildman–Crippen LogP) is 3.22. The summed E-state index contributed by atoms with van der Waals surface area (Å²) in [5, 5.41) is 3.18. The van der Waals surface area contributed by atoms with Gasteiger partial charge in [0.05, 0.1) is 0 Å². The van der Waals surface area contributed by atoms with Crippen LogP contribution in [0, 0.1) is 35.0 Å².